The second-order valence-electron chi connectivity index (χ2n) is 5.48. The fourth-order valence-corrected chi connectivity index (χ4v) is 8.98. The van der Waals surface area contributed by atoms with E-state index in [0.29, 0.717) is 39.6 Å². The van der Waals surface area contributed by atoms with Crippen molar-refractivity contribution in [2.24, 2.45) is 5.92 Å². The maximum atomic E-state index is 5.96. The lowest BCUT2D eigenvalue weighted by Gasteiger charge is -2.34. The molecular formula is C16H38O6Si2. The van der Waals surface area contributed by atoms with Gasteiger partial charge in [0.25, 0.3) is 0 Å². The van der Waals surface area contributed by atoms with Gasteiger partial charge in [-0.1, -0.05) is 6.92 Å². The first-order chi connectivity index (χ1) is 11.5. The van der Waals surface area contributed by atoms with Crippen LogP contribution in [0.2, 0.25) is 12.1 Å². The Bertz CT molecular complexity index is 244. The summed E-state index contributed by atoms with van der Waals surface area (Å²) in [7, 11) is -5.34. The van der Waals surface area contributed by atoms with Crippen molar-refractivity contribution in [1.82, 2.24) is 0 Å². The van der Waals surface area contributed by atoms with Crippen LogP contribution in [0.5, 0.6) is 0 Å². The van der Waals surface area contributed by atoms with E-state index in [1.54, 1.807) is 0 Å². The Hall–Kier alpha value is 0.194. The average molecular weight is 383 g/mol. The molecule has 0 atom stereocenters. The fourth-order valence-electron chi connectivity index (χ4n) is 2.85. The molecule has 0 spiro atoms. The molecule has 0 unspecified atom stereocenters. The van der Waals surface area contributed by atoms with Gasteiger partial charge in [0, 0.05) is 51.7 Å². The lowest BCUT2D eigenvalue weighted by Crippen LogP contribution is -2.50. The van der Waals surface area contributed by atoms with E-state index in [0.717, 1.165) is 12.1 Å². The summed E-state index contributed by atoms with van der Waals surface area (Å²) in [5.41, 5.74) is 0. The Balaban J connectivity index is 5.12. The normalized spacial score (nSPS) is 13.0. The summed E-state index contributed by atoms with van der Waals surface area (Å²) in [6, 6.07) is 1.48. The molecule has 0 bridgehead atoms. The summed E-state index contributed by atoms with van der Waals surface area (Å²) in [6.07, 6.45) is 0. The van der Waals surface area contributed by atoms with Gasteiger partial charge in [-0.25, -0.2) is 0 Å². The molecule has 0 rings (SSSR count). The fraction of sp³-hybridized carbons (Fsp3) is 1.00. The van der Waals surface area contributed by atoms with Gasteiger partial charge in [-0.05, 0) is 47.5 Å². The predicted molar refractivity (Wildman–Crippen MR) is 100 cm³/mol. The molecule has 0 amide bonds. The minimum Gasteiger partial charge on any atom is -0.374 e. The van der Waals surface area contributed by atoms with Gasteiger partial charge in [0.2, 0.25) is 0 Å². The quantitative estimate of drug-likeness (QED) is 0.379. The van der Waals surface area contributed by atoms with Crippen molar-refractivity contribution in [2.45, 2.75) is 60.6 Å². The van der Waals surface area contributed by atoms with Crippen LogP contribution >= 0.6 is 0 Å². The van der Waals surface area contributed by atoms with Gasteiger partial charge in [0.1, 0.15) is 0 Å². The first-order valence-corrected chi connectivity index (χ1v) is 13.2. The third-order valence-electron chi connectivity index (χ3n) is 3.38. The topological polar surface area (TPSA) is 55.4 Å². The second kappa shape index (κ2) is 13.4. The van der Waals surface area contributed by atoms with Crippen LogP contribution in [0.3, 0.4) is 0 Å². The van der Waals surface area contributed by atoms with Crippen LogP contribution in [0.4, 0.5) is 0 Å². The molecule has 8 heteroatoms. The largest absolute Gasteiger partial charge is 0.501 e. The van der Waals surface area contributed by atoms with E-state index < -0.39 is 17.6 Å². The highest BCUT2D eigenvalue weighted by Gasteiger charge is 2.47. The number of rotatable bonds is 16. The molecule has 6 nitrogen and oxygen atoms in total. The SMILES string of the molecule is CCO[Si](CC(C)C[Si](OCC)(OCC)OCC)(OCC)OCC. The van der Waals surface area contributed by atoms with E-state index in [-0.39, 0.29) is 5.92 Å². The summed E-state index contributed by atoms with van der Waals surface area (Å²) < 4.78 is 35.8. The molecular weight excluding hydrogens is 344 g/mol. The molecule has 0 saturated carbocycles. The average Bonchev–Trinajstić information content (AvgIpc) is 2.48. The summed E-state index contributed by atoms with van der Waals surface area (Å²) in [6.45, 7) is 17.5. The van der Waals surface area contributed by atoms with Crippen LogP contribution in [0.25, 0.3) is 0 Å². The van der Waals surface area contributed by atoms with Crippen molar-refractivity contribution >= 4 is 17.6 Å². The van der Waals surface area contributed by atoms with Crippen LogP contribution in [-0.4, -0.2) is 57.3 Å². The number of hydrogen-bond donors (Lipinski definition) is 0. The summed E-state index contributed by atoms with van der Waals surface area (Å²) >= 11 is 0. The number of hydrogen-bond acceptors (Lipinski definition) is 6. The zero-order valence-corrected chi connectivity index (χ0v) is 18.7. The van der Waals surface area contributed by atoms with Crippen LogP contribution < -0.4 is 0 Å². The Labute approximate surface area is 150 Å². The van der Waals surface area contributed by atoms with E-state index in [9.17, 15) is 0 Å². The monoisotopic (exact) mass is 382 g/mol. The lowest BCUT2D eigenvalue weighted by molar-refractivity contribution is 0.0595. The maximum absolute atomic E-state index is 5.96. The van der Waals surface area contributed by atoms with Crippen molar-refractivity contribution < 1.29 is 26.6 Å². The van der Waals surface area contributed by atoms with Gasteiger partial charge in [-0.15, -0.1) is 0 Å². The van der Waals surface area contributed by atoms with Crippen molar-refractivity contribution in [1.29, 1.82) is 0 Å². The minimum absolute atomic E-state index is 0.262. The van der Waals surface area contributed by atoms with Crippen molar-refractivity contribution in [3.8, 4) is 0 Å². The first kappa shape index (κ1) is 24.2. The van der Waals surface area contributed by atoms with E-state index >= 15 is 0 Å². The summed E-state index contributed by atoms with van der Waals surface area (Å²) in [5, 5.41) is 0. The van der Waals surface area contributed by atoms with E-state index in [1.165, 1.54) is 0 Å². The van der Waals surface area contributed by atoms with Crippen LogP contribution in [-0.2, 0) is 26.6 Å². The Kier molecular flexibility index (Phi) is 13.5. The van der Waals surface area contributed by atoms with E-state index in [1.807, 2.05) is 41.5 Å². The van der Waals surface area contributed by atoms with Crippen molar-refractivity contribution in [3.05, 3.63) is 0 Å². The Morgan fingerprint density at radius 3 is 0.875 bits per heavy atom. The third-order valence-corrected chi connectivity index (χ3v) is 10.1. The molecule has 0 aromatic rings. The zero-order valence-electron chi connectivity index (χ0n) is 16.7. The van der Waals surface area contributed by atoms with Gasteiger partial charge in [0.15, 0.2) is 0 Å². The molecule has 0 aromatic carbocycles. The highest BCUT2D eigenvalue weighted by molar-refractivity contribution is 6.62. The Morgan fingerprint density at radius 1 is 0.500 bits per heavy atom. The van der Waals surface area contributed by atoms with Gasteiger partial charge in [0.05, 0.1) is 0 Å². The smallest absolute Gasteiger partial charge is 0.374 e. The summed E-state index contributed by atoms with van der Waals surface area (Å²) in [5.74, 6) is 0.262. The highest BCUT2D eigenvalue weighted by atomic mass is 28.4. The molecule has 0 aromatic heterocycles. The standard InChI is InChI=1S/C16H38O6Si2/c1-8-17-23(18-9-2,19-10-3)14-16(7)15-24(20-11-4,21-12-5)22-13-6/h16H,8-15H2,1-7H3. The van der Waals surface area contributed by atoms with Crippen molar-refractivity contribution in [2.75, 3.05) is 39.6 Å². The molecule has 0 heterocycles. The van der Waals surface area contributed by atoms with Gasteiger partial charge >= 0.3 is 17.6 Å². The summed E-state index contributed by atoms with van der Waals surface area (Å²) in [4.78, 5) is 0. The maximum Gasteiger partial charge on any atom is 0.501 e. The Morgan fingerprint density at radius 2 is 0.708 bits per heavy atom. The molecule has 24 heavy (non-hydrogen) atoms. The van der Waals surface area contributed by atoms with Gasteiger partial charge in [-0.3, -0.25) is 0 Å². The van der Waals surface area contributed by atoms with Crippen molar-refractivity contribution in [3.63, 3.8) is 0 Å². The molecule has 0 N–H and O–H groups in total. The third kappa shape index (κ3) is 8.53. The van der Waals surface area contributed by atoms with E-state index in [2.05, 4.69) is 6.92 Å². The molecule has 0 aliphatic heterocycles. The first-order valence-electron chi connectivity index (χ1n) is 9.30. The predicted octanol–water partition coefficient (Wildman–Crippen LogP) is 3.72. The molecule has 0 radical (unpaired) electrons. The van der Waals surface area contributed by atoms with E-state index in [4.69, 9.17) is 26.6 Å². The van der Waals surface area contributed by atoms with Crippen LogP contribution in [0.15, 0.2) is 0 Å². The minimum atomic E-state index is -2.67. The molecule has 0 fully saturated rings. The van der Waals surface area contributed by atoms with Gasteiger partial charge < -0.3 is 26.6 Å². The molecule has 0 aliphatic rings. The molecule has 0 aliphatic carbocycles. The molecule has 0 saturated heterocycles. The van der Waals surface area contributed by atoms with Gasteiger partial charge in [-0.2, -0.15) is 0 Å². The second-order valence-corrected chi connectivity index (χ2v) is 10.8. The molecule has 146 valence electrons. The van der Waals surface area contributed by atoms with Crippen LogP contribution in [0.1, 0.15) is 48.5 Å². The lowest BCUT2D eigenvalue weighted by atomic mass is 10.3. The zero-order chi connectivity index (χ0) is 18.5. The highest BCUT2D eigenvalue weighted by Crippen LogP contribution is 2.29. The van der Waals surface area contributed by atoms with Crippen LogP contribution in [0, 0.1) is 5.92 Å².